The summed E-state index contributed by atoms with van der Waals surface area (Å²) in [5, 5.41) is 0.781. The smallest absolute Gasteiger partial charge is 0.175 e. The topological polar surface area (TPSA) is 43.4 Å². The normalized spacial score (nSPS) is 12.9. The highest BCUT2D eigenvalue weighted by molar-refractivity contribution is 9.09. The van der Waals surface area contributed by atoms with Crippen molar-refractivity contribution in [2.75, 3.05) is 18.2 Å². The molecule has 1 atom stereocenters. The second kappa shape index (κ2) is 7.09. The van der Waals surface area contributed by atoms with Gasteiger partial charge in [0, 0.05) is 17.5 Å². The van der Waals surface area contributed by atoms with E-state index in [0.717, 1.165) is 5.33 Å². The van der Waals surface area contributed by atoms with Gasteiger partial charge in [-0.1, -0.05) is 52.3 Å². The molecule has 0 radical (unpaired) electrons. The van der Waals surface area contributed by atoms with Crippen molar-refractivity contribution in [2.24, 2.45) is 0 Å². The number of alkyl halides is 1. The van der Waals surface area contributed by atoms with Crippen molar-refractivity contribution in [1.29, 1.82) is 0 Å². The molecule has 0 aromatic heterocycles. The molecule has 0 amide bonds. The van der Waals surface area contributed by atoms with E-state index in [2.05, 4.69) is 28.1 Å². The summed E-state index contributed by atoms with van der Waals surface area (Å²) in [6, 6.07) is 16.7. The SMILES string of the molecule is CS(=O)(=O)c1cccc(OCC(CBr)c2ccccc2)c1. The quantitative estimate of drug-likeness (QED) is 0.730. The molecular weight excluding hydrogens is 352 g/mol. The summed E-state index contributed by atoms with van der Waals surface area (Å²) in [6.07, 6.45) is 1.19. The Morgan fingerprint density at radius 1 is 1.10 bits per heavy atom. The Hall–Kier alpha value is -1.33. The van der Waals surface area contributed by atoms with Gasteiger partial charge in [0.1, 0.15) is 5.75 Å². The minimum absolute atomic E-state index is 0.216. The van der Waals surface area contributed by atoms with E-state index in [1.165, 1.54) is 11.8 Å². The van der Waals surface area contributed by atoms with Gasteiger partial charge in [-0.25, -0.2) is 8.42 Å². The molecule has 0 bridgehead atoms. The van der Waals surface area contributed by atoms with Crippen molar-refractivity contribution < 1.29 is 13.2 Å². The third kappa shape index (κ3) is 4.58. The first-order chi connectivity index (χ1) is 10.0. The van der Waals surface area contributed by atoms with Crippen LogP contribution in [0, 0.1) is 0 Å². The fourth-order valence-corrected chi connectivity index (χ4v) is 3.16. The van der Waals surface area contributed by atoms with E-state index in [0.29, 0.717) is 12.4 Å². The number of benzene rings is 2. The summed E-state index contributed by atoms with van der Waals surface area (Å²) < 4.78 is 28.8. The maximum atomic E-state index is 11.5. The van der Waals surface area contributed by atoms with Gasteiger partial charge >= 0.3 is 0 Å². The van der Waals surface area contributed by atoms with Crippen LogP contribution in [0.2, 0.25) is 0 Å². The maximum absolute atomic E-state index is 11.5. The van der Waals surface area contributed by atoms with Crippen LogP contribution in [0.4, 0.5) is 0 Å². The summed E-state index contributed by atoms with van der Waals surface area (Å²) in [7, 11) is -3.21. The van der Waals surface area contributed by atoms with Crippen molar-refractivity contribution in [1.82, 2.24) is 0 Å². The third-order valence-corrected chi connectivity index (χ3v) is 5.03. The molecule has 0 saturated heterocycles. The highest BCUT2D eigenvalue weighted by Crippen LogP contribution is 2.22. The molecule has 0 N–H and O–H groups in total. The summed E-state index contributed by atoms with van der Waals surface area (Å²) in [6.45, 7) is 0.489. The molecule has 1 unspecified atom stereocenters. The van der Waals surface area contributed by atoms with E-state index in [9.17, 15) is 8.42 Å². The van der Waals surface area contributed by atoms with E-state index in [4.69, 9.17) is 4.74 Å². The Morgan fingerprint density at radius 2 is 1.81 bits per heavy atom. The third-order valence-electron chi connectivity index (χ3n) is 3.14. The predicted octanol–water partition coefficient (Wildman–Crippen LogP) is 3.65. The zero-order chi connectivity index (χ0) is 15.3. The summed E-state index contributed by atoms with van der Waals surface area (Å²) in [5.74, 6) is 0.785. The van der Waals surface area contributed by atoms with Gasteiger partial charge in [0.05, 0.1) is 11.5 Å². The largest absolute Gasteiger partial charge is 0.493 e. The minimum atomic E-state index is -3.21. The van der Waals surface area contributed by atoms with Crippen molar-refractivity contribution >= 4 is 25.8 Å². The van der Waals surface area contributed by atoms with Crippen LogP contribution in [0.5, 0.6) is 5.75 Å². The van der Waals surface area contributed by atoms with Crippen LogP contribution in [0.3, 0.4) is 0 Å². The lowest BCUT2D eigenvalue weighted by molar-refractivity contribution is 0.297. The molecule has 0 aliphatic heterocycles. The Morgan fingerprint density at radius 3 is 2.43 bits per heavy atom. The highest BCUT2D eigenvalue weighted by atomic mass is 79.9. The fourth-order valence-electron chi connectivity index (χ4n) is 1.95. The molecule has 5 heteroatoms. The van der Waals surface area contributed by atoms with Gasteiger partial charge < -0.3 is 4.74 Å². The first-order valence-electron chi connectivity index (χ1n) is 6.54. The van der Waals surface area contributed by atoms with Crippen molar-refractivity contribution in [3.8, 4) is 5.75 Å². The lowest BCUT2D eigenvalue weighted by atomic mass is 10.0. The molecule has 0 aliphatic rings. The van der Waals surface area contributed by atoms with Gasteiger partial charge in [0.2, 0.25) is 0 Å². The Labute approximate surface area is 134 Å². The molecule has 3 nitrogen and oxygen atoms in total. The summed E-state index contributed by atoms with van der Waals surface area (Å²) >= 11 is 3.50. The molecule has 2 aromatic rings. The Balaban J connectivity index is 2.09. The molecule has 0 saturated carbocycles. The summed E-state index contributed by atoms with van der Waals surface area (Å²) in [5.41, 5.74) is 1.19. The van der Waals surface area contributed by atoms with E-state index in [-0.39, 0.29) is 10.8 Å². The maximum Gasteiger partial charge on any atom is 0.175 e. The second-order valence-corrected chi connectivity index (χ2v) is 7.48. The fraction of sp³-hybridized carbons (Fsp3) is 0.250. The number of rotatable bonds is 6. The van der Waals surface area contributed by atoms with E-state index < -0.39 is 9.84 Å². The molecule has 2 aromatic carbocycles. The van der Waals surface area contributed by atoms with Crippen LogP contribution >= 0.6 is 15.9 Å². The first kappa shape index (κ1) is 16.0. The predicted molar refractivity (Wildman–Crippen MR) is 88.0 cm³/mol. The first-order valence-corrected chi connectivity index (χ1v) is 9.56. The number of halogens is 1. The zero-order valence-electron chi connectivity index (χ0n) is 11.7. The number of hydrogen-bond acceptors (Lipinski definition) is 3. The molecule has 112 valence electrons. The highest BCUT2D eigenvalue weighted by Gasteiger charge is 2.12. The van der Waals surface area contributed by atoms with Crippen LogP contribution in [0.1, 0.15) is 11.5 Å². The number of hydrogen-bond donors (Lipinski definition) is 0. The van der Waals surface area contributed by atoms with Crippen LogP contribution in [0.15, 0.2) is 59.5 Å². The molecule has 0 heterocycles. The monoisotopic (exact) mass is 368 g/mol. The van der Waals surface area contributed by atoms with Crippen molar-refractivity contribution in [2.45, 2.75) is 10.8 Å². The Bertz CT molecular complexity index is 684. The van der Waals surface area contributed by atoms with Gasteiger partial charge in [-0.05, 0) is 23.8 Å². The van der Waals surface area contributed by atoms with E-state index >= 15 is 0 Å². The van der Waals surface area contributed by atoms with Gasteiger partial charge in [0.15, 0.2) is 9.84 Å². The van der Waals surface area contributed by atoms with Crippen LogP contribution in [-0.2, 0) is 9.84 Å². The van der Waals surface area contributed by atoms with Gasteiger partial charge in [-0.2, -0.15) is 0 Å². The van der Waals surface area contributed by atoms with Crippen molar-refractivity contribution in [3.63, 3.8) is 0 Å². The average molecular weight is 369 g/mol. The van der Waals surface area contributed by atoms with E-state index in [1.807, 2.05) is 18.2 Å². The molecule has 2 rings (SSSR count). The lowest BCUT2D eigenvalue weighted by Crippen LogP contribution is -2.12. The van der Waals surface area contributed by atoms with Crippen LogP contribution in [-0.4, -0.2) is 26.6 Å². The minimum Gasteiger partial charge on any atom is -0.493 e. The van der Waals surface area contributed by atoms with Gasteiger partial charge in [-0.3, -0.25) is 0 Å². The van der Waals surface area contributed by atoms with Gasteiger partial charge in [0.25, 0.3) is 0 Å². The van der Waals surface area contributed by atoms with Crippen LogP contribution < -0.4 is 4.74 Å². The molecule has 0 spiro atoms. The summed E-state index contributed by atoms with van der Waals surface area (Å²) in [4.78, 5) is 0.273. The van der Waals surface area contributed by atoms with Gasteiger partial charge in [-0.15, -0.1) is 0 Å². The average Bonchev–Trinajstić information content (AvgIpc) is 2.48. The van der Waals surface area contributed by atoms with Crippen molar-refractivity contribution in [3.05, 3.63) is 60.2 Å². The number of ether oxygens (including phenoxy) is 1. The standard InChI is InChI=1S/C16H17BrO3S/c1-21(18,19)16-9-5-8-15(10-16)20-12-14(11-17)13-6-3-2-4-7-13/h2-10,14H,11-12H2,1H3. The molecule has 0 fully saturated rings. The lowest BCUT2D eigenvalue weighted by Gasteiger charge is -2.16. The molecular formula is C16H17BrO3S. The molecule has 21 heavy (non-hydrogen) atoms. The second-order valence-electron chi connectivity index (χ2n) is 4.82. The van der Waals surface area contributed by atoms with E-state index in [1.54, 1.807) is 24.3 Å². The Kier molecular flexibility index (Phi) is 5.42. The zero-order valence-corrected chi connectivity index (χ0v) is 14.1. The number of sulfone groups is 1. The molecule has 0 aliphatic carbocycles. The van der Waals surface area contributed by atoms with Crippen LogP contribution in [0.25, 0.3) is 0 Å².